The van der Waals surface area contributed by atoms with Crippen molar-refractivity contribution in [1.29, 1.82) is 0 Å². The third kappa shape index (κ3) is 14.6. The lowest BCUT2D eigenvalue weighted by atomic mass is 10.0. The lowest BCUT2D eigenvalue weighted by Gasteiger charge is -2.25. The predicted octanol–water partition coefficient (Wildman–Crippen LogP) is -1.89. The minimum absolute atomic E-state index is 0.0358. The molecule has 4 unspecified atom stereocenters. The van der Waals surface area contributed by atoms with Crippen LogP contribution in [0.2, 0.25) is 0 Å². The van der Waals surface area contributed by atoms with E-state index in [0.29, 0.717) is 57.2 Å². The number of nitrogens with zero attached hydrogens (tertiary/aromatic N) is 1. The van der Waals surface area contributed by atoms with Crippen LogP contribution in [0.1, 0.15) is 56.9 Å². The topological polar surface area (TPSA) is 287 Å². The Hall–Kier alpha value is -3.95. The van der Waals surface area contributed by atoms with Crippen LogP contribution >= 0.6 is 0 Å². The second-order valence-electron chi connectivity index (χ2n) is 10.0. The minimum atomic E-state index is -1.25. The van der Waals surface area contributed by atoms with E-state index in [-0.39, 0.29) is 37.5 Å². The van der Waals surface area contributed by atoms with Crippen molar-refractivity contribution in [2.75, 3.05) is 19.6 Å². The standard InChI is InChI=1S/C27H47N9O6/c28-13-3-1-6-19(30)23(38)36-22(16-17-9-11-18(37)12-10-17)25(40)34-20(7-2-4-14-29)24(39)35-21(26(41)42)8-5-15-33-27(31)32/h9-12,19-22,37H,1-8,13-16,28-30H2,(H,34,40)(H,35,39)(H,36,38)(H,41,42)(H4,31,32,33). The molecule has 236 valence electrons. The number of aliphatic imine (C=N–C) groups is 1. The van der Waals surface area contributed by atoms with E-state index < -0.39 is 47.9 Å². The Balaban J connectivity index is 3.08. The third-order valence-electron chi connectivity index (χ3n) is 6.45. The lowest BCUT2D eigenvalue weighted by Crippen LogP contribution is -2.57. The number of carboxylic acid groups (broad SMARTS) is 1. The molecule has 0 bridgehead atoms. The van der Waals surface area contributed by atoms with Crippen LogP contribution in [-0.2, 0) is 25.6 Å². The Labute approximate surface area is 246 Å². The molecule has 4 atom stereocenters. The number of guanidine groups is 1. The van der Waals surface area contributed by atoms with Crippen molar-refractivity contribution in [3.8, 4) is 5.75 Å². The molecule has 0 saturated heterocycles. The summed E-state index contributed by atoms with van der Waals surface area (Å²) in [6.07, 6.45) is 3.36. The number of amides is 3. The SMILES string of the molecule is NCCCCC(N)C(=O)NC(Cc1ccc(O)cc1)C(=O)NC(CCCCN)C(=O)NC(CCCN=C(N)N)C(=O)O. The molecule has 0 saturated carbocycles. The molecule has 1 aromatic carbocycles. The molecule has 0 aliphatic rings. The third-order valence-corrected chi connectivity index (χ3v) is 6.45. The van der Waals surface area contributed by atoms with Crippen LogP contribution in [-0.4, -0.2) is 83.7 Å². The smallest absolute Gasteiger partial charge is 0.326 e. The molecule has 1 rings (SSSR count). The fourth-order valence-corrected chi connectivity index (χ4v) is 4.06. The van der Waals surface area contributed by atoms with Gasteiger partial charge < -0.3 is 54.8 Å². The summed E-state index contributed by atoms with van der Waals surface area (Å²) in [7, 11) is 0. The highest BCUT2D eigenvalue weighted by molar-refractivity contribution is 5.94. The van der Waals surface area contributed by atoms with E-state index in [1.807, 2.05) is 0 Å². The first-order valence-electron chi connectivity index (χ1n) is 14.1. The average Bonchev–Trinajstić information content (AvgIpc) is 2.94. The first-order valence-corrected chi connectivity index (χ1v) is 14.1. The Kier molecular flexibility index (Phi) is 17.2. The molecular formula is C27H47N9O6. The molecule has 15 heteroatoms. The van der Waals surface area contributed by atoms with Crippen LogP contribution in [0, 0.1) is 0 Å². The maximum atomic E-state index is 13.5. The van der Waals surface area contributed by atoms with Gasteiger partial charge in [0.25, 0.3) is 0 Å². The van der Waals surface area contributed by atoms with E-state index in [9.17, 15) is 29.4 Å². The van der Waals surface area contributed by atoms with Crippen molar-refractivity contribution in [1.82, 2.24) is 16.0 Å². The second kappa shape index (κ2) is 20.0. The first-order chi connectivity index (χ1) is 20.0. The quantitative estimate of drug-likeness (QED) is 0.0427. The number of phenols is 1. The van der Waals surface area contributed by atoms with Gasteiger partial charge >= 0.3 is 5.97 Å². The van der Waals surface area contributed by atoms with Crippen molar-refractivity contribution in [3.05, 3.63) is 29.8 Å². The number of nitrogens with one attached hydrogen (secondary N) is 3. The van der Waals surface area contributed by atoms with Gasteiger partial charge in [-0.25, -0.2) is 4.79 Å². The van der Waals surface area contributed by atoms with Gasteiger partial charge in [0.05, 0.1) is 6.04 Å². The maximum absolute atomic E-state index is 13.5. The lowest BCUT2D eigenvalue weighted by molar-refractivity contribution is -0.142. The number of hydrogen-bond donors (Lipinski definition) is 10. The van der Waals surface area contributed by atoms with Gasteiger partial charge in [0, 0.05) is 13.0 Å². The summed E-state index contributed by atoms with van der Waals surface area (Å²) < 4.78 is 0. The monoisotopic (exact) mass is 593 g/mol. The summed E-state index contributed by atoms with van der Waals surface area (Å²) in [6, 6.07) is 1.80. The van der Waals surface area contributed by atoms with Gasteiger partial charge in [-0.3, -0.25) is 19.4 Å². The molecule has 0 aromatic heterocycles. The number of carbonyl (C=O) groups is 4. The summed E-state index contributed by atoms with van der Waals surface area (Å²) in [5, 5.41) is 27.1. The van der Waals surface area contributed by atoms with Gasteiger partial charge in [0.1, 0.15) is 23.9 Å². The number of hydrogen-bond acceptors (Lipinski definition) is 9. The number of unbranched alkanes of at least 4 members (excludes halogenated alkanes) is 2. The van der Waals surface area contributed by atoms with Crippen LogP contribution in [0.5, 0.6) is 5.75 Å². The minimum Gasteiger partial charge on any atom is -0.508 e. The maximum Gasteiger partial charge on any atom is 0.326 e. The van der Waals surface area contributed by atoms with E-state index in [1.165, 1.54) is 12.1 Å². The second-order valence-corrected chi connectivity index (χ2v) is 10.0. The number of phenolic OH excluding ortho intramolecular Hbond substituents is 1. The zero-order valence-electron chi connectivity index (χ0n) is 24.0. The van der Waals surface area contributed by atoms with Gasteiger partial charge in [-0.1, -0.05) is 18.6 Å². The van der Waals surface area contributed by atoms with Gasteiger partial charge in [0.2, 0.25) is 17.7 Å². The van der Waals surface area contributed by atoms with Crippen molar-refractivity contribution < 1.29 is 29.4 Å². The summed E-state index contributed by atoms with van der Waals surface area (Å²) in [4.78, 5) is 55.1. The van der Waals surface area contributed by atoms with Gasteiger partial charge in [-0.2, -0.15) is 0 Å². The van der Waals surface area contributed by atoms with Crippen molar-refractivity contribution in [2.24, 2.45) is 33.7 Å². The molecular weight excluding hydrogens is 546 g/mol. The first kappa shape index (κ1) is 36.1. The number of aliphatic carboxylic acids is 1. The molecule has 42 heavy (non-hydrogen) atoms. The Morgan fingerprint density at radius 2 is 1.26 bits per heavy atom. The fourth-order valence-electron chi connectivity index (χ4n) is 4.06. The number of rotatable bonds is 21. The Bertz CT molecular complexity index is 1020. The van der Waals surface area contributed by atoms with Crippen molar-refractivity contribution in [3.63, 3.8) is 0 Å². The van der Waals surface area contributed by atoms with Crippen LogP contribution < -0.4 is 44.6 Å². The average molecular weight is 594 g/mol. The molecule has 15 nitrogen and oxygen atoms in total. The van der Waals surface area contributed by atoms with Crippen LogP contribution in [0.25, 0.3) is 0 Å². The van der Waals surface area contributed by atoms with Crippen LogP contribution in [0.4, 0.5) is 0 Å². The zero-order chi connectivity index (χ0) is 31.5. The number of aromatic hydroxyl groups is 1. The normalized spacial score (nSPS) is 13.7. The van der Waals surface area contributed by atoms with Gasteiger partial charge in [0.15, 0.2) is 5.96 Å². The Morgan fingerprint density at radius 1 is 0.738 bits per heavy atom. The molecule has 0 heterocycles. The largest absolute Gasteiger partial charge is 0.508 e. The molecule has 0 fully saturated rings. The van der Waals surface area contributed by atoms with E-state index in [1.54, 1.807) is 12.1 Å². The molecule has 0 aliphatic heterocycles. The Morgan fingerprint density at radius 3 is 1.83 bits per heavy atom. The van der Waals surface area contributed by atoms with E-state index in [2.05, 4.69) is 20.9 Å². The molecule has 1 aromatic rings. The molecule has 3 amide bonds. The summed E-state index contributed by atoms with van der Waals surface area (Å²) >= 11 is 0. The van der Waals surface area contributed by atoms with Crippen LogP contribution in [0.15, 0.2) is 29.3 Å². The van der Waals surface area contributed by atoms with E-state index in [0.717, 1.165) is 0 Å². The van der Waals surface area contributed by atoms with Gasteiger partial charge in [-0.15, -0.1) is 0 Å². The molecule has 0 spiro atoms. The molecule has 15 N–H and O–H groups in total. The highest BCUT2D eigenvalue weighted by Crippen LogP contribution is 2.13. The highest BCUT2D eigenvalue weighted by atomic mass is 16.4. The summed E-state index contributed by atoms with van der Waals surface area (Å²) in [5.74, 6) is -3.23. The van der Waals surface area contributed by atoms with E-state index >= 15 is 0 Å². The summed E-state index contributed by atoms with van der Waals surface area (Å²) in [5.41, 5.74) is 28.4. The van der Waals surface area contributed by atoms with Crippen molar-refractivity contribution >= 4 is 29.7 Å². The zero-order valence-corrected chi connectivity index (χ0v) is 24.0. The number of nitrogens with two attached hydrogens (primary N) is 5. The fraction of sp³-hybridized carbons (Fsp3) is 0.593. The van der Waals surface area contributed by atoms with E-state index in [4.69, 9.17) is 28.7 Å². The van der Waals surface area contributed by atoms with Crippen molar-refractivity contribution in [2.45, 2.75) is 82.0 Å². The number of benzene rings is 1. The van der Waals surface area contributed by atoms with Crippen LogP contribution in [0.3, 0.4) is 0 Å². The summed E-state index contributed by atoms with van der Waals surface area (Å²) in [6.45, 7) is 1.02. The molecule has 0 radical (unpaired) electrons. The highest BCUT2D eigenvalue weighted by Gasteiger charge is 2.30. The number of carboxylic acids is 1. The predicted molar refractivity (Wildman–Crippen MR) is 159 cm³/mol. The molecule has 0 aliphatic carbocycles. The number of carbonyl (C=O) groups excluding carboxylic acids is 3. The van der Waals surface area contributed by atoms with Gasteiger partial charge in [-0.05, 0) is 75.7 Å².